The molecule has 1 N–H and O–H groups in total. The molecule has 2 aromatic heterocycles. The summed E-state index contributed by atoms with van der Waals surface area (Å²) in [6.45, 7) is 3.54. The fraction of sp³-hybridized carbons (Fsp3) is 0.320. The van der Waals surface area contributed by atoms with Gasteiger partial charge in [0.1, 0.15) is 11.5 Å². The lowest BCUT2D eigenvalue weighted by Crippen LogP contribution is -2.29. The number of rotatable bonds is 4. The van der Waals surface area contributed by atoms with Gasteiger partial charge in [-0.3, -0.25) is 18.6 Å². The number of aromatic nitrogens is 4. The highest BCUT2D eigenvalue weighted by atomic mass is 16.2. The van der Waals surface area contributed by atoms with Gasteiger partial charge in [0.25, 0.3) is 0 Å². The van der Waals surface area contributed by atoms with Crippen LogP contribution in [0.2, 0.25) is 0 Å². The molecule has 0 radical (unpaired) electrons. The number of hydrogen-bond acceptors (Lipinski definition) is 3. The maximum atomic E-state index is 13.0. The topological polar surface area (TPSA) is 73.8 Å². The number of hydrogen-bond donors (Lipinski definition) is 1. The van der Waals surface area contributed by atoms with E-state index in [1.54, 1.807) is 9.25 Å². The number of aryl methyl sites for hydroxylation is 3. The van der Waals surface area contributed by atoms with Crippen molar-refractivity contribution in [2.45, 2.75) is 39.2 Å². The molecular weight excluding hydrogens is 402 g/mol. The molecule has 0 aliphatic heterocycles. The zero-order valence-electron chi connectivity index (χ0n) is 18.8. The summed E-state index contributed by atoms with van der Waals surface area (Å²) in [6, 6.07) is 14.5. The van der Waals surface area contributed by atoms with E-state index in [0.29, 0.717) is 5.82 Å². The molecule has 2 heterocycles. The van der Waals surface area contributed by atoms with Crippen molar-refractivity contribution in [3.05, 3.63) is 58.5 Å². The summed E-state index contributed by atoms with van der Waals surface area (Å²) in [6.07, 6.45) is 3.27. The number of benzene rings is 2. The number of carbonyl (C=O) groups excluding carboxylic acids is 1. The van der Waals surface area contributed by atoms with Gasteiger partial charge in [0.05, 0.1) is 16.6 Å². The second-order valence-corrected chi connectivity index (χ2v) is 8.75. The zero-order valence-corrected chi connectivity index (χ0v) is 18.8. The quantitative estimate of drug-likeness (QED) is 0.523. The van der Waals surface area contributed by atoms with E-state index < -0.39 is 0 Å². The molecule has 0 bridgehead atoms. The highest BCUT2D eigenvalue weighted by molar-refractivity contribution is 5.98. The Kier molecular flexibility index (Phi) is 4.77. The van der Waals surface area contributed by atoms with Crippen LogP contribution in [0.1, 0.15) is 37.8 Å². The van der Waals surface area contributed by atoms with Crippen molar-refractivity contribution in [3.63, 3.8) is 0 Å². The molecule has 0 saturated heterocycles. The van der Waals surface area contributed by atoms with E-state index >= 15 is 0 Å². The van der Waals surface area contributed by atoms with Crippen molar-refractivity contribution in [3.8, 4) is 22.4 Å². The lowest BCUT2D eigenvalue weighted by molar-refractivity contribution is -0.114. The first-order valence-electron chi connectivity index (χ1n) is 11.0. The van der Waals surface area contributed by atoms with Gasteiger partial charge in [0.2, 0.25) is 5.91 Å². The number of fused-ring (bicyclic) bond motifs is 1. The standard InChI is InChI=1S/C25H27N5O2/c1-15-7-5-8-18(13-15)23-22(24(26-16(2)31)29(4)27-23)17-11-12-20-21(14-17)28(3)25(32)30(20)19-9-6-10-19/h5,7-8,11-14,19H,6,9-10H2,1-4H3,(H,26,31). The van der Waals surface area contributed by atoms with Crippen molar-refractivity contribution in [2.24, 2.45) is 14.1 Å². The normalized spacial score (nSPS) is 14.0. The minimum atomic E-state index is -0.158. The molecule has 5 rings (SSSR count). The molecule has 1 amide bonds. The molecule has 0 unspecified atom stereocenters. The number of carbonyl (C=O) groups is 1. The highest BCUT2D eigenvalue weighted by Gasteiger charge is 2.26. The summed E-state index contributed by atoms with van der Waals surface area (Å²) < 4.78 is 5.36. The number of imidazole rings is 1. The summed E-state index contributed by atoms with van der Waals surface area (Å²) in [5.74, 6) is 0.478. The predicted octanol–water partition coefficient (Wildman–Crippen LogP) is 4.40. The van der Waals surface area contributed by atoms with Crippen LogP contribution in [-0.2, 0) is 18.9 Å². The van der Waals surface area contributed by atoms with Crippen LogP contribution in [0.15, 0.2) is 47.3 Å². The molecule has 7 heteroatoms. The second kappa shape index (κ2) is 7.51. The monoisotopic (exact) mass is 429 g/mol. The summed E-state index contributed by atoms with van der Waals surface area (Å²) in [5.41, 5.74) is 6.52. The van der Waals surface area contributed by atoms with Gasteiger partial charge in [0.15, 0.2) is 0 Å². The van der Waals surface area contributed by atoms with E-state index in [4.69, 9.17) is 5.10 Å². The number of nitrogens with one attached hydrogen (secondary N) is 1. The molecular formula is C25H27N5O2. The maximum absolute atomic E-state index is 13.0. The summed E-state index contributed by atoms with van der Waals surface area (Å²) >= 11 is 0. The molecule has 7 nitrogen and oxygen atoms in total. The van der Waals surface area contributed by atoms with Crippen LogP contribution in [0.5, 0.6) is 0 Å². The van der Waals surface area contributed by atoms with Crippen molar-refractivity contribution in [1.29, 1.82) is 0 Å². The van der Waals surface area contributed by atoms with Crippen LogP contribution in [0.4, 0.5) is 5.82 Å². The minimum Gasteiger partial charge on any atom is -0.311 e. The Balaban J connectivity index is 1.75. The van der Waals surface area contributed by atoms with E-state index in [1.807, 2.05) is 62.0 Å². The van der Waals surface area contributed by atoms with Crippen LogP contribution >= 0.6 is 0 Å². The Morgan fingerprint density at radius 2 is 1.84 bits per heavy atom. The Hall–Kier alpha value is -3.61. The third-order valence-corrected chi connectivity index (χ3v) is 6.45. The first kappa shape index (κ1) is 20.3. The van der Waals surface area contributed by atoms with Gasteiger partial charge in [0, 0.05) is 32.6 Å². The molecule has 1 fully saturated rings. The second-order valence-electron chi connectivity index (χ2n) is 8.75. The van der Waals surface area contributed by atoms with Crippen LogP contribution in [-0.4, -0.2) is 24.8 Å². The number of nitrogens with zero attached hydrogens (tertiary/aromatic N) is 4. The third kappa shape index (κ3) is 3.16. The maximum Gasteiger partial charge on any atom is 0.329 e. The molecule has 2 aromatic carbocycles. The average Bonchev–Trinajstić information content (AvgIpc) is 3.16. The Bertz CT molecular complexity index is 1420. The molecule has 32 heavy (non-hydrogen) atoms. The summed E-state index contributed by atoms with van der Waals surface area (Å²) in [7, 11) is 3.65. The molecule has 164 valence electrons. The van der Waals surface area contributed by atoms with Gasteiger partial charge in [-0.2, -0.15) is 5.10 Å². The Labute approximate surface area is 186 Å². The van der Waals surface area contributed by atoms with Gasteiger partial charge in [-0.25, -0.2) is 4.79 Å². The number of amides is 1. The summed E-state index contributed by atoms with van der Waals surface area (Å²) in [5, 5.41) is 7.70. The van der Waals surface area contributed by atoms with Gasteiger partial charge in [-0.15, -0.1) is 0 Å². The van der Waals surface area contributed by atoms with Crippen molar-refractivity contribution < 1.29 is 4.79 Å². The van der Waals surface area contributed by atoms with Gasteiger partial charge in [-0.1, -0.05) is 29.8 Å². The fourth-order valence-corrected chi connectivity index (χ4v) is 4.62. The van der Waals surface area contributed by atoms with Crippen molar-refractivity contribution >= 4 is 22.8 Å². The van der Waals surface area contributed by atoms with Crippen LogP contribution < -0.4 is 11.0 Å². The van der Waals surface area contributed by atoms with Gasteiger partial charge >= 0.3 is 5.69 Å². The Morgan fingerprint density at radius 3 is 2.50 bits per heavy atom. The van der Waals surface area contributed by atoms with Crippen molar-refractivity contribution in [1.82, 2.24) is 18.9 Å². The molecule has 4 aromatic rings. The van der Waals surface area contributed by atoms with Crippen molar-refractivity contribution in [2.75, 3.05) is 5.32 Å². The first-order chi connectivity index (χ1) is 15.3. The van der Waals surface area contributed by atoms with E-state index in [9.17, 15) is 9.59 Å². The lowest BCUT2D eigenvalue weighted by Gasteiger charge is -2.26. The minimum absolute atomic E-state index is 0.0222. The smallest absolute Gasteiger partial charge is 0.311 e. The summed E-state index contributed by atoms with van der Waals surface area (Å²) in [4.78, 5) is 24.9. The average molecular weight is 430 g/mol. The van der Waals surface area contributed by atoms with Gasteiger partial charge < -0.3 is 5.32 Å². The van der Waals surface area contributed by atoms with Crippen LogP contribution in [0.3, 0.4) is 0 Å². The molecule has 0 spiro atoms. The zero-order chi connectivity index (χ0) is 22.6. The van der Waals surface area contributed by atoms with Crippen LogP contribution in [0, 0.1) is 6.92 Å². The van der Waals surface area contributed by atoms with Crippen LogP contribution in [0.25, 0.3) is 33.4 Å². The van der Waals surface area contributed by atoms with E-state index in [1.165, 1.54) is 13.3 Å². The van der Waals surface area contributed by atoms with E-state index in [0.717, 1.165) is 51.8 Å². The first-order valence-corrected chi connectivity index (χ1v) is 11.0. The molecule has 1 aliphatic rings. The third-order valence-electron chi connectivity index (χ3n) is 6.45. The fourth-order valence-electron chi connectivity index (χ4n) is 4.62. The SMILES string of the molecule is CC(=O)Nc1c(-c2ccc3c(c2)n(C)c(=O)n3C2CCC2)c(-c2cccc(C)c2)nn1C. The van der Waals surface area contributed by atoms with E-state index in [-0.39, 0.29) is 17.6 Å². The largest absolute Gasteiger partial charge is 0.329 e. The molecule has 0 atom stereocenters. The predicted molar refractivity (Wildman–Crippen MR) is 127 cm³/mol. The lowest BCUT2D eigenvalue weighted by atomic mass is 9.92. The van der Waals surface area contributed by atoms with E-state index in [2.05, 4.69) is 11.4 Å². The number of anilines is 1. The van der Waals surface area contributed by atoms with Gasteiger partial charge in [-0.05, 0) is 49.9 Å². The highest BCUT2D eigenvalue weighted by Crippen LogP contribution is 2.39. The molecule has 1 saturated carbocycles. The molecule has 1 aliphatic carbocycles. The Morgan fingerprint density at radius 1 is 1.06 bits per heavy atom.